The van der Waals surface area contributed by atoms with Crippen LogP contribution in [0.5, 0.6) is 5.75 Å². The lowest BCUT2D eigenvalue weighted by molar-refractivity contribution is -0.118. The van der Waals surface area contributed by atoms with Crippen LogP contribution in [0.2, 0.25) is 0 Å². The molecular formula is C20H24N2O6. The molecule has 0 radical (unpaired) electrons. The van der Waals surface area contributed by atoms with E-state index in [-0.39, 0.29) is 36.0 Å². The van der Waals surface area contributed by atoms with Crippen LogP contribution in [0.15, 0.2) is 16.5 Å². The summed E-state index contributed by atoms with van der Waals surface area (Å²) in [5.41, 5.74) is 7.91. The van der Waals surface area contributed by atoms with Crippen molar-refractivity contribution in [3.05, 3.63) is 45.7 Å². The fraction of sp³-hybridized carbons (Fsp3) is 0.350. The molecule has 0 saturated heterocycles. The Balaban J connectivity index is 2.21. The zero-order valence-electron chi connectivity index (χ0n) is 16.6. The van der Waals surface area contributed by atoms with Gasteiger partial charge in [-0.15, -0.1) is 0 Å². The molecular weight excluding hydrogens is 364 g/mol. The van der Waals surface area contributed by atoms with Gasteiger partial charge in [-0.2, -0.15) is 0 Å². The number of esters is 1. The van der Waals surface area contributed by atoms with Crippen molar-refractivity contribution < 1.29 is 28.3 Å². The van der Waals surface area contributed by atoms with Gasteiger partial charge >= 0.3 is 5.97 Å². The van der Waals surface area contributed by atoms with E-state index in [4.69, 9.17) is 19.6 Å². The number of primary amides is 1. The van der Waals surface area contributed by atoms with Crippen molar-refractivity contribution in [1.29, 1.82) is 0 Å². The largest absolute Gasteiger partial charge is 0.483 e. The molecule has 0 atom stereocenters. The van der Waals surface area contributed by atoms with Crippen molar-refractivity contribution in [2.75, 3.05) is 18.5 Å². The molecule has 0 saturated carbocycles. The van der Waals surface area contributed by atoms with Crippen LogP contribution in [0.3, 0.4) is 0 Å². The fourth-order valence-electron chi connectivity index (χ4n) is 2.76. The first-order chi connectivity index (χ1) is 13.2. The molecule has 0 aliphatic heterocycles. The third kappa shape index (κ3) is 4.33. The van der Waals surface area contributed by atoms with Crippen molar-refractivity contribution in [1.82, 2.24) is 0 Å². The van der Waals surface area contributed by atoms with Crippen LogP contribution >= 0.6 is 0 Å². The molecule has 1 aromatic carbocycles. The molecule has 0 fully saturated rings. The number of hydrogen-bond donors (Lipinski definition) is 2. The van der Waals surface area contributed by atoms with Crippen molar-refractivity contribution >= 4 is 23.7 Å². The topological polar surface area (TPSA) is 121 Å². The van der Waals surface area contributed by atoms with Crippen molar-refractivity contribution in [3.63, 3.8) is 0 Å². The Morgan fingerprint density at radius 2 is 1.71 bits per heavy atom. The van der Waals surface area contributed by atoms with Crippen LogP contribution in [-0.2, 0) is 9.53 Å². The summed E-state index contributed by atoms with van der Waals surface area (Å²) < 4.78 is 15.9. The smallest absolute Gasteiger partial charge is 0.342 e. The SMILES string of the molecule is CCOC(=O)c1c(C)oc(NC(=O)COc2c(C)ccc(C)c2C)c1C(N)=O. The average molecular weight is 388 g/mol. The lowest BCUT2D eigenvalue weighted by Crippen LogP contribution is -2.23. The minimum absolute atomic E-state index is 0.101. The summed E-state index contributed by atoms with van der Waals surface area (Å²) in [6.07, 6.45) is 0. The first kappa shape index (κ1) is 21.0. The third-order valence-corrected chi connectivity index (χ3v) is 4.28. The van der Waals surface area contributed by atoms with Gasteiger partial charge in [0.1, 0.15) is 22.6 Å². The van der Waals surface area contributed by atoms with Gasteiger partial charge in [0.2, 0.25) is 5.88 Å². The Kier molecular flexibility index (Phi) is 6.45. The standard InChI is InChI=1S/C20H24N2O6/c1-6-26-20(25)15-13(5)28-19(16(15)18(21)24)22-14(23)9-27-17-11(3)8-7-10(2)12(17)4/h7-8H,6,9H2,1-5H3,(H2,21,24)(H,22,23). The van der Waals surface area contributed by atoms with Gasteiger partial charge in [-0.05, 0) is 51.3 Å². The third-order valence-electron chi connectivity index (χ3n) is 4.28. The summed E-state index contributed by atoms with van der Waals surface area (Å²) in [6, 6.07) is 3.88. The predicted molar refractivity (Wildman–Crippen MR) is 103 cm³/mol. The first-order valence-corrected chi connectivity index (χ1v) is 8.77. The Hall–Kier alpha value is -3.29. The predicted octanol–water partition coefficient (Wildman–Crippen LogP) is 2.81. The highest BCUT2D eigenvalue weighted by Crippen LogP contribution is 2.28. The normalized spacial score (nSPS) is 10.5. The van der Waals surface area contributed by atoms with E-state index in [0.29, 0.717) is 5.75 Å². The quantitative estimate of drug-likeness (QED) is 0.704. The molecule has 8 nitrogen and oxygen atoms in total. The molecule has 1 aromatic heterocycles. The summed E-state index contributed by atoms with van der Waals surface area (Å²) in [6.45, 7) is 8.65. The second-order valence-electron chi connectivity index (χ2n) is 6.31. The molecule has 2 aromatic rings. The number of nitrogens with one attached hydrogen (secondary N) is 1. The summed E-state index contributed by atoms with van der Waals surface area (Å²) in [5.74, 6) is -1.70. The van der Waals surface area contributed by atoms with Gasteiger partial charge < -0.3 is 19.6 Å². The number of amides is 2. The second-order valence-corrected chi connectivity index (χ2v) is 6.31. The minimum atomic E-state index is -0.915. The Morgan fingerprint density at radius 1 is 1.07 bits per heavy atom. The van der Waals surface area contributed by atoms with Crippen molar-refractivity contribution in [2.45, 2.75) is 34.6 Å². The molecule has 0 unspecified atom stereocenters. The molecule has 0 bridgehead atoms. The van der Waals surface area contributed by atoms with E-state index in [9.17, 15) is 14.4 Å². The number of anilines is 1. The number of aryl methyl sites for hydroxylation is 3. The van der Waals surface area contributed by atoms with Gasteiger partial charge in [-0.3, -0.25) is 14.9 Å². The molecule has 8 heteroatoms. The highest BCUT2D eigenvalue weighted by Gasteiger charge is 2.29. The van der Waals surface area contributed by atoms with Crippen LogP contribution in [0.25, 0.3) is 0 Å². The van der Waals surface area contributed by atoms with E-state index in [0.717, 1.165) is 16.7 Å². The molecule has 28 heavy (non-hydrogen) atoms. The van der Waals surface area contributed by atoms with Crippen LogP contribution < -0.4 is 15.8 Å². The highest BCUT2D eigenvalue weighted by molar-refractivity contribution is 6.10. The minimum Gasteiger partial charge on any atom is -0.483 e. The number of ether oxygens (including phenoxy) is 2. The number of nitrogens with two attached hydrogens (primary N) is 1. The van der Waals surface area contributed by atoms with E-state index in [1.54, 1.807) is 6.92 Å². The number of furan rings is 1. The van der Waals surface area contributed by atoms with E-state index in [2.05, 4.69) is 5.32 Å². The van der Waals surface area contributed by atoms with Gasteiger partial charge in [0.25, 0.3) is 11.8 Å². The summed E-state index contributed by atoms with van der Waals surface area (Å²) in [7, 11) is 0. The van der Waals surface area contributed by atoms with E-state index in [1.165, 1.54) is 6.92 Å². The summed E-state index contributed by atoms with van der Waals surface area (Å²) in [4.78, 5) is 36.2. The monoisotopic (exact) mass is 388 g/mol. The van der Waals surface area contributed by atoms with Gasteiger partial charge in [-0.25, -0.2) is 4.79 Å². The number of hydrogen-bond acceptors (Lipinski definition) is 6. The molecule has 0 spiro atoms. The number of carbonyl (C=O) groups is 3. The van der Waals surface area contributed by atoms with Crippen LogP contribution in [-0.4, -0.2) is 31.0 Å². The Labute approximate surface area is 163 Å². The molecule has 0 aliphatic carbocycles. The maximum Gasteiger partial charge on any atom is 0.342 e. The number of carbonyl (C=O) groups excluding carboxylic acids is 3. The zero-order valence-corrected chi connectivity index (χ0v) is 16.6. The number of benzene rings is 1. The van der Waals surface area contributed by atoms with Gasteiger partial charge in [-0.1, -0.05) is 12.1 Å². The van der Waals surface area contributed by atoms with Crippen molar-refractivity contribution in [3.8, 4) is 5.75 Å². The molecule has 3 N–H and O–H groups in total. The fourth-order valence-corrected chi connectivity index (χ4v) is 2.76. The van der Waals surface area contributed by atoms with Crippen LogP contribution in [0, 0.1) is 27.7 Å². The maximum absolute atomic E-state index is 12.3. The zero-order chi connectivity index (χ0) is 21.0. The highest BCUT2D eigenvalue weighted by atomic mass is 16.5. The number of rotatable bonds is 7. The maximum atomic E-state index is 12.3. The Morgan fingerprint density at radius 3 is 2.32 bits per heavy atom. The van der Waals surface area contributed by atoms with E-state index < -0.39 is 17.8 Å². The van der Waals surface area contributed by atoms with Gasteiger partial charge in [0.15, 0.2) is 6.61 Å². The first-order valence-electron chi connectivity index (χ1n) is 8.77. The molecule has 2 amide bonds. The average Bonchev–Trinajstić information content (AvgIpc) is 2.94. The summed E-state index contributed by atoms with van der Waals surface area (Å²) >= 11 is 0. The van der Waals surface area contributed by atoms with Crippen molar-refractivity contribution in [2.24, 2.45) is 5.73 Å². The molecule has 2 rings (SSSR count). The lowest BCUT2D eigenvalue weighted by Gasteiger charge is -2.13. The van der Waals surface area contributed by atoms with E-state index >= 15 is 0 Å². The van der Waals surface area contributed by atoms with Gasteiger partial charge in [0, 0.05) is 0 Å². The van der Waals surface area contributed by atoms with Crippen LogP contribution in [0.1, 0.15) is 50.1 Å². The molecule has 150 valence electrons. The molecule has 1 heterocycles. The lowest BCUT2D eigenvalue weighted by atomic mass is 10.1. The molecule has 0 aliphatic rings. The summed E-state index contributed by atoms with van der Waals surface area (Å²) in [5, 5.41) is 2.43. The Bertz CT molecular complexity index is 929. The van der Waals surface area contributed by atoms with E-state index in [1.807, 2.05) is 32.9 Å². The van der Waals surface area contributed by atoms with Crippen LogP contribution in [0.4, 0.5) is 5.88 Å². The second kappa shape index (κ2) is 8.60. The van der Waals surface area contributed by atoms with Gasteiger partial charge in [0.05, 0.1) is 6.61 Å².